The fourth-order valence-electron chi connectivity index (χ4n) is 2.27. The van der Waals surface area contributed by atoms with Gasteiger partial charge in [0.2, 0.25) is 0 Å². The Morgan fingerprint density at radius 3 is 2.22 bits per heavy atom. The van der Waals surface area contributed by atoms with Gasteiger partial charge in [-0.2, -0.15) is 0 Å². The number of rotatable bonds is 0. The van der Waals surface area contributed by atoms with Crippen LogP contribution in [0.15, 0.2) is 0 Å². The van der Waals surface area contributed by atoms with Crippen molar-refractivity contribution in [1.82, 2.24) is 0 Å². The molecule has 0 amide bonds. The second-order valence-corrected chi connectivity index (χ2v) is 3.46. The average molecular weight is 128 g/mol. The molecule has 0 aromatic carbocycles. The third kappa shape index (κ3) is 0.700. The zero-order valence-electron chi connectivity index (χ0n) is 5.38. The van der Waals surface area contributed by atoms with Gasteiger partial charge in [0, 0.05) is 12.3 Å². The van der Waals surface area contributed by atoms with Crippen LogP contribution < -0.4 is 0 Å². The topological polar surface area (TPSA) is 40.5 Å². The van der Waals surface area contributed by atoms with Crippen molar-refractivity contribution in [2.75, 3.05) is 0 Å². The van der Waals surface area contributed by atoms with E-state index < -0.39 is 5.79 Å². The molecule has 0 spiro atoms. The van der Waals surface area contributed by atoms with Crippen LogP contribution in [0.4, 0.5) is 0 Å². The zero-order valence-corrected chi connectivity index (χ0v) is 5.38. The third-order valence-corrected chi connectivity index (χ3v) is 2.78. The van der Waals surface area contributed by atoms with Crippen molar-refractivity contribution < 1.29 is 10.2 Å². The SMILES string of the molecule is OC1(O)CC2CCC1C2. The smallest absolute Gasteiger partial charge is 0.165 e. The summed E-state index contributed by atoms with van der Waals surface area (Å²) in [4.78, 5) is 0. The van der Waals surface area contributed by atoms with Crippen LogP contribution in [0.5, 0.6) is 0 Å². The van der Waals surface area contributed by atoms with Gasteiger partial charge < -0.3 is 10.2 Å². The Morgan fingerprint density at radius 1 is 1.22 bits per heavy atom. The van der Waals surface area contributed by atoms with Gasteiger partial charge in [-0.05, 0) is 25.2 Å². The molecule has 0 aliphatic heterocycles. The lowest BCUT2D eigenvalue weighted by molar-refractivity contribution is -0.194. The lowest BCUT2D eigenvalue weighted by Crippen LogP contribution is -2.34. The van der Waals surface area contributed by atoms with Crippen molar-refractivity contribution in [3.63, 3.8) is 0 Å². The molecule has 2 aliphatic rings. The van der Waals surface area contributed by atoms with Gasteiger partial charge in [-0.1, -0.05) is 0 Å². The van der Waals surface area contributed by atoms with Crippen molar-refractivity contribution >= 4 is 0 Å². The van der Waals surface area contributed by atoms with Crippen LogP contribution in [0.1, 0.15) is 25.7 Å². The Bertz CT molecular complexity index is 131. The molecule has 0 aromatic heterocycles. The molecular weight excluding hydrogens is 116 g/mol. The van der Waals surface area contributed by atoms with E-state index in [1.54, 1.807) is 0 Å². The van der Waals surface area contributed by atoms with Gasteiger partial charge in [-0.3, -0.25) is 0 Å². The second-order valence-electron chi connectivity index (χ2n) is 3.46. The van der Waals surface area contributed by atoms with Crippen molar-refractivity contribution in [1.29, 1.82) is 0 Å². The van der Waals surface area contributed by atoms with E-state index >= 15 is 0 Å². The number of hydrogen-bond donors (Lipinski definition) is 2. The van der Waals surface area contributed by atoms with Gasteiger partial charge in [0.15, 0.2) is 5.79 Å². The van der Waals surface area contributed by atoms with Crippen molar-refractivity contribution in [2.45, 2.75) is 31.5 Å². The molecule has 2 N–H and O–H groups in total. The predicted octanol–water partition coefficient (Wildman–Crippen LogP) is 0.487. The molecule has 9 heavy (non-hydrogen) atoms. The summed E-state index contributed by atoms with van der Waals surface area (Å²) in [5.74, 6) is -0.476. The summed E-state index contributed by atoms with van der Waals surface area (Å²) in [5, 5.41) is 18.5. The van der Waals surface area contributed by atoms with Crippen LogP contribution in [-0.4, -0.2) is 16.0 Å². The maximum absolute atomic E-state index is 9.24. The van der Waals surface area contributed by atoms with Crippen LogP contribution in [0.3, 0.4) is 0 Å². The van der Waals surface area contributed by atoms with E-state index in [1.807, 2.05) is 0 Å². The minimum absolute atomic E-state index is 0.197. The van der Waals surface area contributed by atoms with E-state index in [-0.39, 0.29) is 5.92 Å². The lowest BCUT2D eigenvalue weighted by atomic mass is 9.95. The molecule has 2 unspecified atom stereocenters. The molecule has 0 heterocycles. The van der Waals surface area contributed by atoms with E-state index in [2.05, 4.69) is 0 Å². The van der Waals surface area contributed by atoms with E-state index in [9.17, 15) is 10.2 Å². The predicted molar refractivity (Wildman–Crippen MR) is 32.6 cm³/mol. The Hall–Kier alpha value is -0.0800. The van der Waals surface area contributed by atoms with Crippen molar-refractivity contribution in [2.24, 2.45) is 11.8 Å². The summed E-state index contributed by atoms with van der Waals surface area (Å²) in [6.45, 7) is 0. The second kappa shape index (κ2) is 1.50. The quantitative estimate of drug-likeness (QED) is 0.466. The van der Waals surface area contributed by atoms with E-state index in [0.717, 1.165) is 12.8 Å². The van der Waals surface area contributed by atoms with Gasteiger partial charge in [0.05, 0.1) is 0 Å². The molecule has 0 aromatic rings. The first-order chi connectivity index (χ1) is 4.18. The first-order valence-electron chi connectivity index (χ1n) is 3.63. The van der Waals surface area contributed by atoms with Gasteiger partial charge in [-0.25, -0.2) is 0 Å². The van der Waals surface area contributed by atoms with Crippen molar-refractivity contribution in [3.8, 4) is 0 Å². The average Bonchev–Trinajstić information content (AvgIpc) is 2.19. The first kappa shape index (κ1) is 5.69. The molecular formula is C7H12O2. The molecule has 2 aliphatic carbocycles. The molecule has 2 bridgehead atoms. The first-order valence-corrected chi connectivity index (χ1v) is 3.63. The van der Waals surface area contributed by atoms with Crippen LogP contribution in [0, 0.1) is 11.8 Å². The summed E-state index contributed by atoms with van der Waals surface area (Å²) >= 11 is 0. The summed E-state index contributed by atoms with van der Waals surface area (Å²) in [7, 11) is 0. The Kier molecular flexibility index (Phi) is 0.945. The zero-order chi connectivity index (χ0) is 6.48. The fraction of sp³-hybridized carbons (Fsp3) is 1.00. The number of aliphatic hydroxyl groups is 2. The largest absolute Gasteiger partial charge is 0.365 e. The summed E-state index contributed by atoms with van der Waals surface area (Å²) < 4.78 is 0. The maximum Gasteiger partial charge on any atom is 0.165 e. The third-order valence-electron chi connectivity index (χ3n) is 2.78. The molecule has 2 saturated carbocycles. The summed E-state index contributed by atoms with van der Waals surface area (Å²) in [6, 6.07) is 0. The summed E-state index contributed by atoms with van der Waals surface area (Å²) in [5.41, 5.74) is 0. The van der Waals surface area contributed by atoms with Gasteiger partial charge in [0.1, 0.15) is 0 Å². The van der Waals surface area contributed by atoms with Crippen LogP contribution in [0.2, 0.25) is 0 Å². The number of hydrogen-bond acceptors (Lipinski definition) is 2. The molecule has 0 saturated heterocycles. The van der Waals surface area contributed by atoms with Gasteiger partial charge in [0.25, 0.3) is 0 Å². The Balaban J connectivity index is 2.18. The van der Waals surface area contributed by atoms with Crippen LogP contribution in [-0.2, 0) is 0 Å². The highest BCUT2D eigenvalue weighted by Gasteiger charge is 2.48. The fourth-order valence-corrected chi connectivity index (χ4v) is 2.27. The molecule has 2 fully saturated rings. The Labute approximate surface area is 54.5 Å². The molecule has 2 rings (SSSR count). The highest BCUT2D eigenvalue weighted by molar-refractivity contribution is 4.94. The molecule has 52 valence electrons. The molecule has 2 heteroatoms. The molecule has 2 atom stereocenters. The standard InChI is InChI=1S/C7H12O2/c8-7(9)4-5-1-2-6(7)3-5/h5-6,8-9H,1-4H2. The molecule has 0 radical (unpaired) electrons. The van der Waals surface area contributed by atoms with E-state index in [0.29, 0.717) is 12.3 Å². The Morgan fingerprint density at radius 2 is 2.00 bits per heavy atom. The van der Waals surface area contributed by atoms with Gasteiger partial charge >= 0.3 is 0 Å². The number of fused-ring (bicyclic) bond motifs is 2. The highest BCUT2D eigenvalue weighted by atomic mass is 16.5. The highest BCUT2D eigenvalue weighted by Crippen LogP contribution is 2.49. The summed E-state index contributed by atoms with van der Waals surface area (Å²) in [6.07, 6.45) is 3.91. The van der Waals surface area contributed by atoms with E-state index in [4.69, 9.17) is 0 Å². The minimum atomic E-state index is -1.29. The normalized spacial score (nSPS) is 46.0. The van der Waals surface area contributed by atoms with Crippen LogP contribution in [0.25, 0.3) is 0 Å². The molecule has 2 nitrogen and oxygen atoms in total. The van der Waals surface area contributed by atoms with Crippen LogP contribution >= 0.6 is 0 Å². The maximum atomic E-state index is 9.24. The van der Waals surface area contributed by atoms with E-state index in [1.165, 1.54) is 6.42 Å². The lowest BCUT2D eigenvalue weighted by Gasteiger charge is -2.25. The van der Waals surface area contributed by atoms with Crippen molar-refractivity contribution in [3.05, 3.63) is 0 Å². The van der Waals surface area contributed by atoms with Gasteiger partial charge in [-0.15, -0.1) is 0 Å². The minimum Gasteiger partial charge on any atom is -0.365 e. The monoisotopic (exact) mass is 128 g/mol.